The Morgan fingerprint density at radius 1 is 1.33 bits per heavy atom. The monoisotopic (exact) mass is 291 g/mol. The number of carbonyl (C=O) groups excluding carboxylic acids is 1. The molecular formula is C17H29N3O. The first-order valence-electron chi connectivity index (χ1n) is 8.36. The molecular weight excluding hydrogens is 262 g/mol. The van der Waals surface area contributed by atoms with E-state index < -0.39 is 0 Å². The maximum absolute atomic E-state index is 13.0. The highest BCUT2D eigenvalue weighted by molar-refractivity contribution is 5.90. The molecule has 0 N–H and O–H groups in total. The maximum Gasteiger partial charge on any atom is 0.159 e. The van der Waals surface area contributed by atoms with E-state index in [9.17, 15) is 4.79 Å². The van der Waals surface area contributed by atoms with Crippen molar-refractivity contribution in [1.29, 1.82) is 0 Å². The van der Waals surface area contributed by atoms with Gasteiger partial charge in [-0.1, -0.05) is 26.7 Å². The molecule has 0 aromatic carbocycles. The topological polar surface area (TPSA) is 38.1 Å². The third kappa shape index (κ3) is 3.20. The number of nitrogens with zero attached hydrogens (tertiary/aromatic N) is 3. The highest BCUT2D eigenvalue weighted by Crippen LogP contribution is 2.36. The molecule has 0 bridgehead atoms. The van der Waals surface area contributed by atoms with Gasteiger partial charge in [0.25, 0.3) is 0 Å². The molecule has 4 heteroatoms. The molecule has 1 aliphatic carbocycles. The molecule has 0 aliphatic heterocycles. The molecule has 1 fully saturated rings. The van der Waals surface area contributed by atoms with E-state index in [0.717, 1.165) is 31.6 Å². The van der Waals surface area contributed by atoms with E-state index in [1.165, 1.54) is 12.8 Å². The van der Waals surface area contributed by atoms with Crippen LogP contribution in [0.3, 0.4) is 0 Å². The first kappa shape index (κ1) is 16.2. The highest BCUT2D eigenvalue weighted by atomic mass is 16.1. The average molecular weight is 291 g/mol. The molecule has 1 aliphatic rings. The zero-order chi connectivity index (χ0) is 15.5. The first-order chi connectivity index (χ1) is 10.0. The number of aromatic nitrogens is 2. The van der Waals surface area contributed by atoms with Crippen LogP contribution in [0.15, 0.2) is 12.3 Å². The van der Waals surface area contributed by atoms with Crippen LogP contribution in [-0.4, -0.2) is 39.1 Å². The Hall–Kier alpha value is -1.16. The predicted octanol–water partition coefficient (Wildman–Crippen LogP) is 3.23. The Bertz CT molecular complexity index is 468. The van der Waals surface area contributed by atoms with Gasteiger partial charge in [-0.15, -0.1) is 0 Å². The number of hydrogen-bond acceptors (Lipinski definition) is 3. The molecule has 4 nitrogen and oxygen atoms in total. The number of likely N-dealkylation sites (N-methyl/N-ethyl adjacent to an activating group) is 1. The van der Waals surface area contributed by atoms with Crippen molar-refractivity contribution in [2.75, 3.05) is 13.1 Å². The minimum atomic E-state index is -0.231. The molecule has 1 aromatic rings. The zero-order valence-corrected chi connectivity index (χ0v) is 13.9. The summed E-state index contributed by atoms with van der Waals surface area (Å²) in [6, 6.07) is 2.33. The third-order valence-corrected chi connectivity index (χ3v) is 4.85. The summed E-state index contributed by atoms with van der Waals surface area (Å²) in [5.74, 6) is 0.359. The van der Waals surface area contributed by atoms with Gasteiger partial charge >= 0.3 is 0 Å². The summed E-state index contributed by atoms with van der Waals surface area (Å²) in [5, 5.41) is 4.54. The number of hydrogen-bond donors (Lipinski definition) is 0. The van der Waals surface area contributed by atoms with Crippen LogP contribution in [-0.2, 0) is 11.2 Å². The van der Waals surface area contributed by atoms with Crippen molar-refractivity contribution in [3.63, 3.8) is 0 Å². The fourth-order valence-electron chi connectivity index (χ4n) is 3.65. The van der Waals surface area contributed by atoms with Gasteiger partial charge in [0, 0.05) is 12.2 Å². The van der Waals surface area contributed by atoms with E-state index in [1.807, 2.05) is 16.9 Å². The standard InChI is InChI=1S/C17H29N3O/c1-5-19(6-2)17(10-7-8-11-17)16(21)13-15-9-12-20(18-15)14(3)4/h9,12,14H,5-8,10-11,13H2,1-4H3. The van der Waals surface area contributed by atoms with Gasteiger partial charge in [-0.3, -0.25) is 14.4 Å². The summed E-state index contributed by atoms with van der Waals surface area (Å²) < 4.78 is 1.93. The normalized spacial score (nSPS) is 17.8. The van der Waals surface area contributed by atoms with Gasteiger partial charge in [0.05, 0.1) is 17.7 Å². The van der Waals surface area contributed by atoms with E-state index in [-0.39, 0.29) is 5.54 Å². The lowest BCUT2D eigenvalue weighted by Crippen LogP contribution is -2.53. The predicted molar refractivity (Wildman–Crippen MR) is 85.4 cm³/mol. The van der Waals surface area contributed by atoms with Crippen LogP contribution in [0.5, 0.6) is 0 Å². The van der Waals surface area contributed by atoms with Gasteiger partial charge in [0.2, 0.25) is 0 Å². The molecule has 1 aromatic heterocycles. The van der Waals surface area contributed by atoms with Crippen molar-refractivity contribution < 1.29 is 4.79 Å². The summed E-state index contributed by atoms with van der Waals surface area (Å²) >= 11 is 0. The van der Waals surface area contributed by atoms with Crippen molar-refractivity contribution in [1.82, 2.24) is 14.7 Å². The molecule has 2 rings (SSSR count). The van der Waals surface area contributed by atoms with Gasteiger partial charge in [-0.05, 0) is 45.8 Å². The number of carbonyl (C=O) groups is 1. The minimum absolute atomic E-state index is 0.231. The van der Waals surface area contributed by atoms with Crippen molar-refractivity contribution in [2.24, 2.45) is 0 Å². The fourth-order valence-corrected chi connectivity index (χ4v) is 3.65. The summed E-state index contributed by atoms with van der Waals surface area (Å²) in [6.07, 6.45) is 6.81. The van der Waals surface area contributed by atoms with Crippen LogP contribution in [0.25, 0.3) is 0 Å². The van der Waals surface area contributed by atoms with Crippen molar-refractivity contribution in [3.05, 3.63) is 18.0 Å². The molecule has 118 valence electrons. The van der Waals surface area contributed by atoms with Crippen molar-refractivity contribution >= 4 is 5.78 Å². The molecule has 0 atom stereocenters. The second kappa shape index (κ2) is 6.73. The Morgan fingerprint density at radius 2 is 1.95 bits per heavy atom. The summed E-state index contributed by atoms with van der Waals surface area (Å²) in [4.78, 5) is 15.3. The molecule has 0 amide bonds. The van der Waals surface area contributed by atoms with Gasteiger partial charge in [0.1, 0.15) is 0 Å². The van der Waals surface area contributed by atoms with Gasteiger partial charge < -0.3 is 0 Å². The average Bonchev–Trinajstić information content (AvgIpc) is 3.10. The first-order valence-corrected chi connectivity index (χ1v) is 8.36. The van der Waals surface area contributed by atoms with Crippen LogP contribution in [0.1, 0.15) is 65.1 Å². The van der Waals surface area contributed by atoms with E-state index in [2.05, 4.69) is 37.7 Å². The van der Waals surface area contributed by atoms with Crippen LogP contribution in [0, 0.1) is 0 Å². The molecule has 1 saturated carbocycles. The molecule has 1 heterocycles. The zero-order valence-electron chi connectivity index (χ0n) is 13.9. The van der Waals surface area contributed by atoms with Crippen LogP contribution in [0.2, 0.25) is 0 Å². The molecule has 0 spiro atoms. The Balaban J connectivity index is 2.15. The molecule has 0 radical (unpaired) electrons. The minimum Gasteiger partial charge on any atom is -0.297 e. The van der Waals surface area contributed by atoms with E-state index in [1.54, 1.807) is 0 Å². The second-order valence-electron chi connectivity index (χ2n) is 6.39. The molecule has 0 unspecified atom stereocenters. The Kier molecular flexibility index (Phi) is 5.20. The largest absolute Gasteiger partial charge is 0.297 e. The van der Waals surface area contributed by atoms with Crippen LogP contribution >= 0.6 is 0 Å². The number of ketones is 1. The number of rotatable bonds is 7. The summed E-state index contributed by atoms with van der Waals surface area (Å²) in [6.45, 7) is 10.4. The van der Waals surface area contributed by atoms with E-state index in [0.29, 0.717) is 18.2 Å². The Morgan fingerprint density at radius 3 is 2.43 bits per heavy atom. The van der Waals surface area contributed by atoms with Crippen molar-refractivity contribution in [3.8, 4) is 0 Å². The van der Waals surface area contributed by atoms with Gasteiger partial charge in [-0.25, -0.2) is 0 Å². The SMILES string of the molecule is CCN(CC)C1(C(=O)Cc2ccn(C(C)C)n2)CCCC1. The second-order valence-corrected chi connectivity index (χ2v) is 6.39. The highest BCUT2D eigenvalue weighted by Gasteiger charge is 2.44. The van der Waals surface area contributed by atoms with Gasteiger partial charge in [0.15, 0.2) is 5.78 Å². The molecule has 21 heavy (non-hydrogen) atoms. The van der Waals surface area contributed by atoms with E-state index in [4.69, 9.17) is 0 Å². The summed E-state index contributed by atoms with van der Waals surface area (Å²) in [7, 11) is 0. The summed E-state index contributed by atoms with van der Waals surface area (Å²) in [5.41, 5.74) is 0.678. The lowest BCUT2D eigenvalue weighted by atomic mass is 9.87. The quantitative estimate of drug-likeness (QED) is 0.774. The van der Waals surface area contributed by atoms with Crippen LogP contribution < -0.4 is 0 Å². The lowest BCUT2D eigenvalue weighted by molar-refractivity contribution is -0.130. The lowest BCUT2D eigenvalue weighted by Gasteiger charge is -2.39. The van der Waals surface area contributed by atoms with Crippen LogP contribution in [0.4, 0.5) is 0 Å². The molecule has 0 saturated heterocycles. The van der Waals surface area contributed by atoms with Gasteiger partial charge in [-0.2, -0.15) is 5.10 Å². The number of Topliss-reactive ketones (excluding diaryl/α,β-unsaturated/α-hetero) is 1. The third-order valence-electron chi connectivity index (χ3n) is 4.85. The van der Waals surface area contributed by atoms with E-state index >= 15 is 0 Å². The fraction of sp³-hybridized carbons (Fsp3) is 0.765. The maximum atomic E-state index is 13.0. The van der Waals surface area contributed by atoms with Crippen molar-refractivity contribution in [2.45, 2.75) is 71.4 Å². The Labute approximate surface area is 128 Å². The smallest absolute Gasteiger partial charge is 0.159 e.